The van der Waals surface area contributed by atoms with Crippen molar-refractivity contribution in [1.82, 2.24) is 14.9 Å². The first-order valence-corrected chi connectivity index (χ1v) is 7.97. The first-order valence-electron chi connectivity index (χ1n) is 7.97. The van der Waals surface area contributed by atoms with Crippen molar-refractivity contribution in [3.05, 3.63) is 54.1 Å². The van der Waals surface area contributed by atoms with Crippen LogP contribution < -0.4 is 4.74 Å². The molecule has 126 valence electrons. The number of aryl methyl sites for hydroxylation is 1. The number of hydrogen-bond donors (Lipinski definition) is 1. The lowest BCUT2D eigenvalue weighted by molar-refractivity contribution is -0.0899. The molecule has 1 N–H and O–H groups in total. The van der Waals surface area contributed by atoms with E-state index in [1.807, 2.05) is 30.3 Å². The molecule has 0 unspecified atom stereocenters. The zero-order chi connectivity index (χ0) is 17.2. The smallest absolute Gasteiger partial charge is 0.257 e. The standard InChI is InChI=1S/C18H21N3O3/c1-13-15(10-19-12-20-13)17(22)21-9-8-16(18(2,23)11-21)24-14-6-4-3-5-7-14/h3-7,10,12,16,23H,8-9,11H2,1-2H3/t16-,18-/m0/s1. The number of carbonyl (C=O) groups excluding carboxylic acids is 1. The third-order valence-electron chi connectivity index (χ3n) is 4.32. The first-order chi connectivity index (χ1) is 11.5. The van der Waals surface area contributed by atoms with Crippen LogP contribution in [0.4, 0.5) is 0 Å². The van der Waals surface area contributed by atoms with Gasteiger partial charge < -0.3 is 14.7 Å². The molecule has 0 spiro atoms. The molecule has 0 saturated carbocycles. The minimum Gasteiger partial charge on any atom is -0.487 e. The molecular formula is C18H21N3O3. The fraction of sp³-hybridized carbons (Fsp3) is 0.389. The van der Waals surface area contributed by atoms with Gasteiger partial charge in [0, 0.05) is 19.2 Å². The SMILES string of the molecule is Cc1ncncc1C(=O)N1CC[C@H](Oc2ccccc2)[C@@](C)(O)C1. The van der Waals surface area contributed by atoms with Crippen LogP contribution in [0, 0.1) is 6.92 Å². The lowest BCUT2D eigenvalue weighted by Gasteiger charge is -2.42. The second-order valence-corrected chi connectivity index (χ2v) is 6.31. The minimum absolute atomic E-state index is 0.161. The Balaban J connectivity index is 1.71. The molecule has 2 aromatic rings. The third kappa shape index (κ3) is 3.38. The quantitative estimate of drug-likeness (QED) is 0.931. The van der Waals surface area contributed by atoms with E-state index >= 15 is 0 Å². The Morgan fingerprint density at radius 1 is 1.38 bits per heavy atom. The topological polar surface area (TPSA) is 75.6 Å². The number of carbonyl (C=O) groups is 1. The molecule has 1 aliphatic rings. The summed E-state index contributed by atoms with van der Waals surface area (Å²) in [6, 6.07) is 9.41. The molecule has 0 bridgehead atoms. The van der Waals surface area contributed by atoms with Crippen LogP contribution >= 0.6 is 0 Å². The van der Waals surface area contributed by atoms with Crippen LogP contribution in [0.15, 0.2) is 42.9 Å². The predicted molar refractivity (Wildman–Crippen MR) is 88.8 cm³/mol. The number of likely N-dealkylation sites (tertiary alicyclic amines) is 1. The maximum absolute atomic E-state index is 12.7. The third-order valence-corrected chi connectivity index (χ3v) is 4.32. The zero-order valence-corrected chi connectivity index (χ0v) is 13.8. The number of β-amino-alcohol motifs (C(OH)–C–C–N with tert-alkyl or cyclic N) is 1. The summed E-state index contributed by atoms with van der Waals surface area (Å²) in [6.07, 6.45) is 3.13. The molecule has 6 nitrogen and oxygen atoms in total. The molecule has 1 aromatic heterocycles. The van der Waals surface area contributed by atoms with Crippen molar-refractivity contribution >= 4 is 5.91 Å². The van der Waals surface area contributed by atoms with Crippen LogP contribution in [0.2, 0.25) is 0 Å². The van der Waals surface area contributed by atoms with Gasteiger partial charge in [0.2, 0.25) is 0 Å². The molecule has 2 heterocycles. The van der Waals surface area contributed by atoms with Gasteiger partial charge in [-0.05, 0) is 26.0 Å². The van der Waals surface area contributed by atoms with Crippen molar-refractivity contribution in [3.8, 4) is 5.75 Å². The van der Waals surface area contributed by atoms with E-state index in [9.17, 15) is 9.90 Å². The summed E-state index contributed by atoms with van der Waals surface area (Å²) in [4.78, 5) is 22.3. The Labute approximate surface area is 141 Å². The van der Waals surface area contributed by atoms with Gasteiger partial charge in [0.25, 0.3) is 5.91 Å². The van der Waals surface area contributed by atoms with Gasteiger partial charge in [-0.15, -0.1) is 0 Å². The Kier molecular flexibility index (Phi) is 4.49. The van der Waals surface area contributed by atoms with E-state index in [1.165, 1.54) is 12.5 Å². The fourth-order valence-electron chi connectivity index (χ4n) is 2.94. The molecule has 1 amide bonds. The zero-order valence-electron chi connectivity index (χ0n) is 13.8. The molecule has 1 aliphatic heterocycles. The van der Waals surface area contributed by atoms with Crippen LogP contribution in [0.1, 0.15) is 29.4 Å². The number of amides is 1. The maximum Gasteiger partial charge on any atom is 0.257 e. The van der Waals surface area contributed by atoms with Gasteiger partial charge in [-0.2, -0.15) is 0 Å². The number of aromatic nitrogens is 2. The van der Waals surface area contributed by atoms with Crippen LogP contribution in [0.25, 0.3) is 0 Å². The summed E-state index contributed by atoms with van der Waals surface area (Å²) < 4.78 is 5.92. The first kappa shape index (κ1) is 16.4. The summed E-state index contributed by atoms with van der Waals surface area (Å²) in [5.41, 5.74) is -0.0270. The largest absolute Gasteiger partial charge is 0.487 e. The Morgan fingerprint density at radius 3 is 2.79 bits per heavy atom. The summed E-state index contributed by atoms with van der Waals surface area (Å²) in [5, 5.41) is 10.8. The number of aliphatic hydroxyl groups is 1. The summed E-state index contributed by atoms with van der Waals surface area (Å²) in [5.74, 6) is 0.557. The number of para-hydroxylation sites is 1. The normalized spacial score (nSPS) is 23.8. The summed E-state index contributed by atoms with van der Waals surface area (Å²) >= 11 is 0. The fourth-order valence-corrected chi connectivity index (χ4v) is 2.94. The monoisotopic (exact) mass is 327 g/mol. The lowest BCUT2D eigenvalue weighted by atomic mass is 9.91. The molecule has 0 aliphatic carbocycles. The van der Waals surface area contributed by atoms with E-state index in [0.717, 1.165) is 5.75 Å². The van der Waals surface area contributed by atoms with Gasteiger partial charge in [0.05, 0.1) is 17.8 Å². The van der Waals surface area contributed by atoms with Gasteiger partial charge in [0.15, 0.2) is 0 Å². The van der Waals surface area contributed by atoms with E-state index in [1.54, 1.807) is 18.7 Å². The molecule has 24 heavy (non-hydrogen) atoms. The van der Waals surface area contributed by atoms with Crippen LogP contribution in [0.3, 0.4) is 0 Å². The highest BCUT2D eigenvalue weighted by Crippen LogP contribution is 2.27. The van der Waals surface area contributed by atoms with Crippen molar-refractivity contribution in [1.29, 1.82) is 0 Å². The van der Waals surface area contributed by atoms with Crippen LogP contribution in [-0.2, 0) is 0 Å². The van der Waals surface area contributed by atoms with Crippen molar-refractivity contribution in [2.45, 2.75) is 32.0 Å². The van der Waals surface area contributed by atoms with Crippen molar-refractivity contribution in [3.63, 3.8) is 0 Å². The van der Waals surface area contributed by atoms with E-state index in [4.69, 9.17) is 4.74 Å². The molecule has 1 saturated heterocycles. The number of hydrogen-bond acceptors (Lipinski definition) is 5. The van der Waals surface area contributed by atoms with Gasteiger partial charge in [-0.3, -0.25) is 4.79 Å². The van der Waals surface area contributed by atoms with Gasteiger partial charge in [-0.25, -0.2) is 9.97 Å². The minimum atomic E-state index is -1.13. The summed E-state index contributed by atoms with van der Waals surface area (Å²) in [7, 11) is 0. The molecule has 6 heteroatoms. The lowest BCUT2D eigenvalue weighted by Crippen LogP contribution is -2.58. The van der Waals surface area contributed by atoms with Crippen molar-refractivity contribution in [2.75, 3.05) is 13.1 Å². The van der Waals surface area contributed by atoms with Gasteiger partial charge >= 0.3 is 0 Å². The predicted octanol–water partition coefficient (Wildman–Crippen LogP) is 1.83. The maximum atomic E-state index is 12.7. The van der Waals surface area contributed by atoms with Gasteiger partial charge in [-0.1, -0.05) is 18.2 Å². The number of piperidine rings is 1. The number of benzene rings is 1. The van der Waals surface area contributed by atoms with Crippen molar-refractivity contribution < 1.29 is 14.6 Å². The average Bonchev–Trinajstić information content (AvgIpc) is 2.57. The molecule has 1 fully saturated rings. The Hall–Kier alpha value is -2.47. The second-order valence-electron chi connectivity index (χ2n) is 6.31. The average molecular weight is 327 g/mol. The van der Waals surface area contributed by atoms with E-state index < -0.39 is 5.60 Å². The van der Waals surface area contributed by atoms with Gasteiger partial charge in [0.1, 0.15) is 23.8 Å². The second kappa shape index (κ2) is 6.57. The van der Waals surface area contributed by atoms with Crippen LogP contribution in [-0.4, -0.2) is 50.7 Å². The highest BCUT2D eigenvalue weighted by Gasteiger charge is 2.41. The number of ether oxygens (including phenoxy) is 1. The Bertz CT molecular complexity index is 718. The van der Waals surface area contributed by atoms with Crippen LogP contribution in [0.5, 0.6) is 5.75 Å². The Morgan fingerprint density at radius 2 is 2.12 bits per heavy atom. The van der Waals surface area contributed by atoms with E-state index in [0.29, 0.717) is 24.2 Å². The highest BCUT2D eigenvalue weighted by molar-refractivity contribution is 5.95. The molecule has 1 aromatic carbocycles. The highest BCUT2D eigenvalue weighted by atomic mass is 16.5. The number of nitrogens with zero attached hydrogens (tertiary/aromatic N) is 3. The molecule has 3 rings (SSSR count). The van der Waals surface area contributed by atoms with Crippen molar-refractivity contribution in [2.24, 2.45) is 0 Å². The molecule has 0 radical (unpaired) electrons. The number of rotatable bonds is 3. The summed E-state index contributed by atoms with van der Waals surface area (Å²) in [6.45, 7) is 4.20. The molecule has 2 atom stereocenters. The molecular weight excluding hydrogens is 306 g/mol. The van der Waals surface area contributed by atoms with E-state index in [2.05, 4.69) is 9.97 Å². The van der Waals surface area contributed by atoms with E-state index in [-0.39, 0.29) is 18.6 Å².